The van der Waals surface area contributed by atoms with Crippen LogP contribution >= 0.6 is 15.6 Å². The fourth-order valence-electron chi connectivity index (χ4n) is 10.8. The van der Waals surface area contributed by atoms with Crippen molar-refractivity contribution in [1.82, 2.24) is 0 Å². The molecule has 0 fully saturated rings. The van der Waals surface area contributed by atoms with Crippen molar-refractivity contribution >= 4 is 39.5 Å². The van der Waals surface area contributed by atoms with Gasteiger partial charge < -0.3 is 33.8 Å². The van der Waals surface area contributed by atoms with E-state index in [1.807, 2.05) is 0 Å². The molecule has 0 aliphatic carbocycles. The lowest BCUT2D eigenvalue weighted by Crippen LogP contribution is -2.30. The quantitative estimate of drug-likeness (QED) is 0.0222. The Morgan fingerprint density at radius 2 is 0.462 bits per heavy atom. The zero-order valence-electron chi connectivity index (χ0n) is 59.5. The number of hydrogen-bond donors (Lipinski definition) is 3. The number of unbranched alkanes of at least 4 members (excludes halogenated alkanes) is 35. The van der Waals surface area contributed by atoms with Crippen LogP contribution in [0, 0.1) is 23.7 Å². The molecule has 3 N–H and O–H groups in total. The molecule has 0 saturated heterocycles. The molecule has 540 valence electrons. The highest BCUT2D eigenvalue weighted by Crippen LogP contribution is 2.45. The number of phosphoric acid groups is 2. The third kappa shape index (κ3) is 66.5. The predicted molar refractivity (Wildman–Crippen MR) is 367 cm³/mol. The molecule has 0 amide bonds. The molecule has 3 unspecified atom stereocenters. The van der Waals surface area contributed by atoms with Gasteiger partial charge in [-0.25, -0.2) is 9.13 Å². The van der Waals surface area contributed by atoms with Crippen molar-refractivity contribution in [3.05, 3.63) is 0 Å². The highest BCUT2D eigenvalue weighted by Gasteiger charge is 2.30. The predicted octanol–water partition coefficient (Wildman–Crippen LogP) is 20.5. The van der Waals surface area contributed by atoms with Gasteiger partial charge in [-0.05, 0) is 49.4 Å². The standard InChI is InChI=1S/C72H140O17P2/c1-62(2)48-40-32-24-17-13-9-11-15-19-29-38-46-54-71(76)88-67(58-82-69(74)52-44-36-28-22-21-26-34-42-50-64(5)6)60-86-90(78,79)84-56-66(73)57-85-91(80,81)87-61-68(59-83-70(75)53-45-37-31-23-27-35-43-51-65(7)8)89-72(77)55-47-39-30-20-16-12-10-14-18-25-33-41-49-63(3)4/h62-68,73H,9-61H2,1-8H3,(H,78,79)(H,80,81)/t66?,67-,68-/m1/s1. The monoisotopic (exact) mass is 1340 g/mol. The molecule has 0 aromatic carbocycles. The van der Waals surface area contributed by atoms with Crippen molar-refractivity contribution in [1.29, 1.82) is 0 Å². The van der Waals surface area contributed by atoms with E-state index in [0.29, 0.717) is 31.6 Å². The van der Waals surface area contributed by atoms with Gasteiger partial charge in [-0.3, -0.25) is 37.3 Å². The van der Waals surface area contributed by atoms with E-state index in [1.54, 1.807) is 0 Å². The van der Waals surface area contributed by atoms with E-state index in [2.05, 4.69) is 55.4 Å². The van der Waals surface area contributed by atoms with Crippen LogP contribution in [0.5, 0.6) is 0 Å². The number of carbonyl (C=O) groups is 4. The molecule has 0 aromatic heterocycles. The van der Waals surface area contributed by atoms with Crippen LogP contribution < -0.4 is 0 Å². The summed E-state index contributed by atoms with van der Waals surface area (Å²) in [6.45, 7) is 14.1. The second-order valence-corrected chi connectivity index (χ2v) is 30.8. The van der Waals surface area contributed by atoms with E-state index >= 15 is 0 Å². The van der Waals surface area contributed by atoms with Crippen molar-refractivity contribution < 1.29 is 80.2 Å². The van der Waals surface area contributed by atoms with Gasteiger partial charge in [-0.1, -0.05) is 306 Å². The minimum atomic E-state index is -4.95. The maximum absolute atomic E-state index is 13.0. The topological polar surface area (TPSA) is 237 Å². The van der Waals surface area contributed by atoms with Crippen LogP contribution in [0.4, 0.5) is 0 Å². The third-order valence-corrected chi connectivity index (χ3v) is 18.5. The van der Waals surface area contributed by atoms with Gasteiger partial charge in [0, 0.05) is 25.7 Å². The Labute approximate surface area is 556 Å². The molecule has 0 aliphatic rings. The molecule has 19 heteroatoms. The maximum atomic E-state index is 13.0. The first-order chi connectivity index (χ1) is 43.6. The molecule has 0 rings (SSSR count). The molecule has 17 nitrogen and oxygen atoms in total. The zero-order chi connectivity index (χ0) is 67.5. The normalized spacial score (nSPS) is 14.2. The van der Waals surface area contributed by atoms with E-state index < -0.39 is 97.5 Å². The van der Waals surface area contributed by atoms with Gasteiger partial charge in [0.2, 0.25) is 0 Å². The highest BCUT2D eigenvalue weighted by atomic mass is 31.2. The Kier molecular flexibility index (Phi) is 60.3. The van der Waals surface area contributed by atoms with Gasteiger partial charge in [0.15, 0.2) is 12.2 Å². The van der Waals surface area contributed by atoms with Crippen LogP contribution in [0.1, 0.15) is 357 Å². The van der Waals surface area contributed by atoms with Crippen molar-refractivity contribution in [3.63, 3.8) is 0 Å². The van der Waals surface area contributed by atoms with E-state index in [1.165, 1.54) is 154 Å². The molecular formula is C72H140O17P2. The molecule has 0 bridgehead atoms. The third-order valence-electron chi connectivity index (χ3n) is 16.6. The summed E-state index contributed by atoms with van der Waals surface area (Å²) >= 11 is 0. The van der Waals surface area contributed by atoms with Crippen LogP contribution in [0.15, 0.2) is 0 Å². The summed E-state index contributed by atoms with van der Waals surface area (Å²) < 4.78 is 68.4. The lowest BCUT2D eigenvalue weighted by molar-refractivity contribution is -0.161. The molecule has 0 heterocycles. The Hall–Kier alpha value is -1.94. The van der Waals surface area contributed by atoms with Crippen LogP contribution in [0.3, 0.4) is 0 Å². The minimum Gasteiger partial charge on any atom is -0.462 e. The number of aliphatic hydroxyl groups excluding tert-OH is 1. The van der Waals surface area contributed by atoms with Gasteiger partial charge in [0.05, 0.1) is 26.4 Å². The molecule has 0 spiro atoms. The van der Waals surface area contributed by atoms with Gasteiger partial charge >= 0.3 is 39.5 Å². The second kappa shape index (κ2) is 61.6. The largest absolute Gasteiger partial charge is 0.472 e. The van der Waals surface area contributed by atoms with Crippen LogP contribution in [-0.4, -0.2) is 96.7 Å². The van der Waals surface area contributed by atoms with Crippen molar-refractivity contribution in [2.75, 3.05) is 39.6 Å². The number of ether oxygens (including phenoxy) is 4. The van der Waals surface area contributed by atoms with Gasteiger partial charge in [-0.15, -0.1) is 0 Å². The van der Waals surface area contributed by atoms with Crippen molar-refractivity contribution in [3.8, 4) is 0 Å². The number of phosphoric ester groups is 2. The highest BCUT2D eigenvalue weighted by molar-refractivity contribution is 7.47. The average Bonchev–Trinajstić information content (AvgIpc) is 3.62. The van der Waals surface area contributed by atoms with E-state index in [-0.39, 0.29) is 25.7 Å². The van der Waals surface area contributed by atoms with Gasteiger partial charge in [0.25, 0.3) is 0 Å². The Morgan fingerprint density at radius 3 is 0.681 bits per heavy atom. The number of rotatable bonds is 69. The summed E-state index contributed by atoms with van der Waals surface area (Å²) in [5, 5.41) is 10.6. The van der Waals surface area contributed by atoms with E-state index in [9.17, 15) is 43.2 Å². The summed E-state index contributed by atoms with van der Waals surface area (Å²) in [6, 6.07) is 0. The van der Waals surface area contributed by atoms with E-state index in [4.69, 9.17) is 37.0 Å². The molecule has 0 saturated carbocycles. The average molecular weight is 1340 g/mol. The number of carbonyl (C=O) groups excluding carboxylic acids is 4. The van der Waals surface area contributed by atoms with Crippen molar-refractivity contribution in [2.45, 2.75) is 375 Å². The SMILES string of the molecule is CC(C)CCCCCCCCCCCCCCC(=O)O[C@H](COC(=O)CCCCCCCCCCC(C)C)COP(=O)(O)OCC(O)COP(=O)(O)OC[C@@H](COC(=O)CCCCCCCCCC(C)C)OC(=O)CCCCCCCCCCCCCCC(C)C. The van der Waals surface area contributed by atoms with Crippen molar-refractivity contribution in [2.24, 2.45) is 23.7 Å². The molecule has 0 aromatic rings. The summed E-state index contributed by atoms with van der Waals surface area (Å²) in [4.78, 5) is 72.6. The minimum absolute atomic E-state index is 0.105. The molecule has 0 aliphatic heterocycles. The lowest BCUT2D eigenvalue weighted by atomic mass is 10.0. The zero-order valence-corrected chi connectivity index (χ0v) is 61.3. The summed E-state index contributed by atoms with van der Waals surface area (Å²) in [5.74, 6) is 0.858. The molecule has 5 atom stereocenters. The Morgan fingerprint density at radius 1 is 0.275 bits per heavy atom. The first-order valence-corrected chi connectivity index (χ1v) is 40.2. The van der Waals surface area contributed by atoms with Crippen LogP contribution in [-0.2, 0) is 65.4 Å². The molecular weight excluding hydrogens is 1200 g/mol. The van der Waals surface area contributed by atoms with E-state index in [0.717, 1.165) is 114 Å². The van der Waals surface area contributed by atoms with Gasteiger partial charge in [0.1, 0.15) is 19.3 Å². The smallest absolute Gasteiger partial charge is 0.462 e. The number of hydrogen-bond acceptors (Lipinski definition) is 15. The second-order valence-electron chi connectivity index (χ2n) is 27.9. The summed E-state index contributed by atoms with van der Waals surface area (Å²) in [6.07, 6.45) is 44.5. The number of esters is 4. The maximum Gasteiger partial charge on any atom is 0.472 e. The summed E-state index contributed by atoms with van der Waals surface area (Å²) in [7, 11) is -9.91. The fourth-order valence-corrected chi connectivity index (χ4v) is 12.4. The number of aliphatic hydroxyl groups is 1. The fraction of sp³-hybridized carbons (Fsp3) is 0.944. The molecule has 91 heavy (non-hydrogen) atoms. The summed E-state index contributed by atoms with van der Waals surface area (Å²) in [5.41, 5.74) is 0. The van der Waals surface area contributed by atoms with Gasteiger partial charge in [-0.2, -0.15) is 0 Å². The lowest BCUT2D eigenvalue weighted by Gasteiger charge is -2.21. The Bertz CT molecular complexity index is 1800. The van der Waals surface area contributed by atoms with Crippen LogP contribution in [0.25, 0.3) is 0 Å². The Balaban J connectivity index is 5.25. The molecule has 0 radical (unpaired) electrons. The van der Waals surface area contributed by atoms with Crippen LogP contribution in [0.2, 0.25) is 0 Å². The first-order valence-electron chi connectivity index (χ1n) is 37.2. The first kappa shape index (κ1) is 89.1.